The van der Waals surface area contributed by atoms with Crippen molar-refractivity contribution >= 4 is 5.91 Å². The molecule has 0 aromatic heterocycles. The molecule has 0 saturated carbocycles. The van der Waals surface area contributed by atoms with Crippen LogP contribution in [-0.2, 0) is 9.53 Å². The van der Waals surface area contributed by atoms with Crippen molar-refractivity contribution < 1.29 is 14.6 Å². The quantitative estimate of drug-likeness (QED) is 0.662. The Labute approximate surface area is 98.4 Å². The van der Waals surface area contributed by atoms with Gasteiger partial charge in [0.1, 0.15) is 0 Å². The molecule has 0 aromatic rings. The maximum atomic E-state index is 11.5. The third kappa shape index (κ3) is 7.65. The predicted octanol–water partition coefficient (Wildman–Crippen LogP) is 1.33. The molecule has 0 bridgehead atoms. The average Bonchev–Trinajstić information content (AvgIpc) is 2.15. The second-order valence-electron chi connectivity index (χ2n) is 4.79. The number of nitrogens with one attached hydrogen (secondary N) is 1. The number of carbonyl (C=O) groups excluding carboxylic acids is 1. The SMILES string of the molecule is CCCC(C)(O)CNC(=O)CC(C)COC. The molecular weight excluding hydrogens is 206 g/mol. The van der Waals surface area contributed by atoms with Crippen LogP contribution in [0.4, 0.5) is 0 Å². The number of ether oxygens (including phenoxy) is 1. The molecule has 0 saturated heterocycles. The van der Waals surface area contributed by atoms with E-state index in [9.17, 15) is 9.90 Å². The van der Waals surface area contributed by atoms with Crippen molar-refractivity contribution in [3.63, 3.8) is 0 Å². The third-order valence-corrected chi connectivity index (χ3v) is 2.44. The monoisotopic (exact) mass is 231 g/mol. The fraction of sp³-hybridized carbons (Fsp3) is 0.917. The molecule has 0 spiro atoms. The van der Waals surface area contributed by atoms with Crippen molar-refractivity contribution in [2.75, 3.05) is 20.3 Å². The highest BCUT2D eigenvalue weighted by Crippen LogP contribution is 2.10. The normalized spacial score (nSPS) is 16.6. The summed E-state index contributed by atoms with van der Waals surface area (Å²) in [6.07, 6.45) is 2.04. The van der Waals surface area contributed by atoms with Crippen LogP contribution >= 0.6 is 0 Å². The molecule has 2 atom stereocenters. The summed E-state index contributed by atoms with van der Waals surface area (Å²) in [5, 5.41) is 12.6. The molecule has 16 heavy (non-hydrogen) atoms. The van der Waals surface area contributed by atoms with Gasteiger partial charge in [0.25, 0.3) is 0 Å². The molecule has 4 heteroatoms. The molecule has 0 fully saturated rings. The van der Waals surface area contributed by atoms with Crippen molar-refractivity contribution in [2.24, 2.45) is 5.92 Å². The largest absolute Gasteiger partial charge is 0.388 e. The first-order chi connectivity index (χ1) is 7.41. The third-order valence-electron chi connectivity index (χ3n) is 2.44. The van der Waals surface area contributed by atoms with Gasteiger partial charge in [-0.2, -0.15) is 0 Å². The fourth-order valence-corrected chi connectivity index (χ4v) is 1.65. The minimum atomic E-state index is -0.797. The van der Waals surface area contributed by atoms with E-state index in [-0.39, 0.29) is 11.8 Å². The smallest absolute Gasteiger partial charge is 0.220 e. The lowest BCUT2D eigenvalue weighted by atomic mass is 10.0. The summed E-state index contributed by atoms with van der Waals surface area (Å²) in [7, 11) is 1.63. The van der Waals surface area contributed by atoms with Gasteiger partial charge in [0.05, 0.1) is 5.60 Å². The Morgan fingerprint density at radius 1 is 1.56 bits per heavy atom. The van der Waals surface area contributed by atoms with E-state index in [1.807, 2.05) is 13.8 Å². The number of carbonyl (C=O) groups is 1. The molecule has 2 unspecified atom stereocenters. The van der Waals surface area contributed by atoms with E-state index in [2.05, 4.69) is 5.32 Å². The Morgan fingerprint density at radius 2 is 2.19 bits per heavy atom. The lowest BCUT2D eigenvalue weighted by Gasteiger charge is -2.23. The van der Waals surface area contributed by atoms with E-state index >= 15 is 0 Å². The zero-order valence-corrected chi connectivity index (χ0v) is 10.9. The highest BCUT2D eigenvalue weighted by Gasteiger charge is 2.20. The Bertz CT molecular complexity index is 204. The summed E-state index contributed by atoms with van der Waals surface area (Å²) in [5.41, 5.74) is -0.797. The van der Waals surface area contributed by atoms with Gasteiger partial charge in [0.15, 0.2) is 0 Å². The van der Waals surface area contributed by atoms with E-state index in [0.29, 0.717) is 26.0 Å². The number of methoxy groups -OCH3 is 1. The number of hydrogen-bond acceptors (Lipinski definition) is 3. The van der Waals surface area contributed by atoms with Gasteiger partial charge in [-0.1, -0.05) is 20.3 Å². The lowest BCUT2D eigenvalue weighted by molar-refractivity contribution is -0.123. The lowest BCUT2D eigenvalue weighted by Crippen LogP contribution is -2.41. The van der Waals surface area contributed by atoms with E-state index in [1.165, 1.54) is 0 Å². The summed E-state index contributed by atoms with van der Waals surface area (Å²) in [5.74, 6) is 0.182. The minimum Gasteiger partial charge on any atom is -0.388 e. The molecule has 0 aromatic carbocycles. The molecule has 1 amide bonds. The van der Waals surface area contributed by atoms with Crippen molar-refractivity contribution in [1.29, 1.82) is 0 Å². The van der Waals surface area contributed by atoms with Gasteiger partial charge in [0.2, 0.25) is 5.91 Å². The van der Waals surface area contributed by atoms with Crippen LogP contribution < -0.4 is 5.32 Å². The minimum absolute atomic E-state index is 0.0269. The fourth-order valence-electron chi connectivity index (χ4n) is 1.65. The molecule has 96 valence electrons. The summed E-state index contributed by atoms with van der Waals surface area (Å²) >= 11 is 0. The molecular formula is C12H25NO3. The first-order valence-electron chi connectivity index (χ1n) is 5.89. The zero-order valence-electron chi connectivity index (χ0n) is 10.9. The van der Waals surface area contributed by atoms with Crippen molar-refractivity contribution in [1.82, 2.24) is 5.32 Å². The highest BCUT2D eigenvalue weighted by molar-refractivity contribution is 5.76. The van der Waals surface area contributed by atoms with Crippen LogP contribution in [0.25, 0.3) is 0 Å². The standard InChI is InChI=1S/C12H25NO3/c1-5-6-12(3,15)9-13-11(14)7-10(2)8-16-4/h10,15H,5-9H2,1-4H3,(H,13,14). The van der Waals surface area contributed by atoms with E-state index in [0.717, 1.165) is 6.42 Å². The van der Waals surface area contributed by atoms with Crippen LogP contribution in [0.3, 0.4) is 0 Å². The summed E-state index contributed by atoms with van der Waals surface area (Å²) < 4.78 is 4.96. The van der Waals surface area contributed by atoms with Crippen LogP contribution in [-0.4, -0.2) is 36.9 Å². The Balaban J connectivity index is 3.80. The molecule has 0 rings (SSSR count). The number of rotatable bonds is 8. The second-order valence-corrected chi connectivity index (χ2v) is 4.79. The second kappa shape index (κ2) is 7.63. The van der Waals surface area contributed by atoms with Crippen molar-refractivity contribution in [3.05, 3.63) is 0 Å². The molecule has 0 aliphatic heterocycles. The topological polar surface area (TPSA) is 58.6 Å². The molecule has 4 nitrogen and oxygen atoms in total. The zero-order chi connectivity index (χ0) is 12.6. The van der Waals surface area contributed by atoms with Gasteiger partial charge in [-0.05, 0) is 19.3 Å². The van der Waals surface area contributed by atoms with Crippen LogP contribution in [0.5, 0.6) is 0 Å². The van der Waals surface area contributed by atoms with Gasteiger partial charge in [-0.3, -0.25) is 4.79 Å². The van der Waals surface area contributed by atoms with Crippen molar-refractivity contribution in [3.8, 4) is 0 Å². The van der Waals surface area contributed by atoms with Crippen LogP contribution in [0.1, 0.15) is 40.0 Å². The van der Waals surface area contributed by atoms with E-state index in [4.69, 9.17) is 4.74 Å². The van der Waals surface area contributed by atoms with Gasteiger partial charge in [0, 0.05) is 26.7 Å². The van der Waals surface area contributed by atoms with Gasteiger partial charge < -0.3 is 15.2 Å². The number of hydrogen-bond donors (Lipinski definition) is 2. The first kappa shape index (κ1) is 15.4. The molecule has 0 radical (unpaired) electrons. The molecule has 0 aliphatic carbocycles. The summed E-state index contributed by atoms with van der Waals surface area (Å²) in [6, 6.07) is 0. The van der Waals surface area contributed by atoms with Crippen LogP contribution in [0, 0.1) is 5.92 Å². The highest BCUT2D eigenvalue weighted by atomic mass is 16.5. The molecule has 2 N–H and O–H groups in total. The number of aliphatic hydroxyl groups is 1. The van der Waals surface area contributed by atoms with E-state index in [1.54, 1.807) is 14.0 Å². The Kier molecular flexibility index (Phi) is 7.34. The maximum Gasteiger partial charge on any atom is 0.220 e. The number of amides is 1. The molecule has 0 heterocycles. The average molecular weight is 231 g/mol. The maximum absolute atomic E-state index is 11.5. The van der Waals surface area contributed by atoms with E-state index < -0.39 is 5.60 Å². The summed E-state index contributed by atoms with van der Waals surface area (Å²) in [6.45, 7) is 6.62. The first-order valence-corrected chi connectivity index (χ1v) is 5.89. The van der Waals surface area contributed by atoms with Gasteiger partial charge in [-0.25, -0.2) is 0 Å². The van der Waals surface area contributed by atoms with Crippen LogP contribution in [0.15, 0.2) is 0 Å². The predicted molar refractivity (Wildman–Crippen MR) is 64.2 cm³/mol. The van der Waals surface area contributed by atoms with Crippen LogP contribution in [0.2, 0.25) is 0 Å². The van der Waals surface area contributed by atoms with Crippen molar-refractivity contribution in [2.45, 2.75) is 45.6 Å². The van der Waals surface area contributed by atoms with Gasteiger partial charge >= 0.3 is 0 Å². The summed E-state index contributed by atoms with van der Waals surface area (Å²) in [4.78, 5) is 11.5. The molecule has 0 aliphatic rings. The Morgan fingerprint density at radius 3 is 2.69 bits per heavy atom. The van der Waals surface area contributed by atoms with Gasteiger partial charge in [-0.15, -0.1) is 0 Å². The Hall–Kier alpha value is -0.610.